The van der Waals surface area contributed by atoms with Crippen LogP contribution in [0.1, 0.15) is 54.4 Å². The second-order valence-corrected chi connectivity index (χ2v) is 9.37. The smallest absolute Gasteiger partial charge is 0.331 e. The first-order valence-corrected chi connectivity index (χ1v) is 11.6. The van der Waals surface area contributed by atoms with Gasteiger partial charge in [-0.15, -0.1) is 12.4 Å². The fourth-order valence-electron chi connectivity index (χ4n) is 5.30. The third-order valence-corrected chi connectivity index (χ3v) is 7.20. The number of benzene rings is 1. The molecule has 1 aliphatic carbocycles. The van der Waals surface area contributed by atoms with Gasteiger partial charge in [-0.05, 0) is 55.7 Å². The number of fused-ring (bicyclic) bond motifs is 1. The summed E-state index contributed by atoms with van der Waals surface area (Å²) in [5, 5.41) is 13.3. The highest BCUT2D eigenvalue weighted by Gasteiger charge is 2.51. The van der Waals surface area contributed by atoms with Crippen LogP contribution >= 0.6 is 12.4 Å². The third-order valence-electron chi connectivity index (χ3n) is 7.20. The van der Waals surface area contributed by atoms with Crippen LogP contribution in [0.4, 0.5) is 0 Å². The minimum absolute atomic E-state index is 0. The van der Waals surface area contributed by atoms with E-state index in [4.69, 9.17) is 0 Å². The van der Waals surface area contributed by atoms with Crippen LogP contribution in [0, 0.1) is 25.7 Å². The van der Waals surface area contributed by atoms with E-state index in [2.05, 4.69) is 10.3 Å². The molecule has 1 fully saturated rings. The maximum absolute atomic E-state index is 14.0. The van der Waals surface area contributed by atoms with Gasteiger partial charge in [0.25, 0.3) is 0 Å². The fraction of sp³-hybridized carbons (Fsp3) is 0.462. The van der Waals surface area contributed by atoms with Crippen molar-refractivity contribution in [2.45, 2.75) is 65.1 Å². The van der Waals surface area contributed by atoms with E-state index in [0.717, 1.165) is 5.69 Å². The maximum Gasteiger partial charge on any atom is 0.331 e. The van der Waals surface area contributed by atoms with Crippen LogP contribution in [0.15, 0.2) is 36.4 Å². The number of pyridine rings is 1. The number of piperazine rings is 1. The Hall–Kier alpha value is -2.93. The van der Waals surface area contributed by atoms with Gasteiger partial charge in [-0.2, -0.15) is 0 Å². The van der Waals surface area contributed by atoms with Crippen molar-refractivity contribution in [3.8, 4) is 0 Å². The number of nitrogens with zero attached hydrogens (tertiary/aromatic N) is 2. The molecule has 0 saturated carbocycles. The zero-order valence-corrected chi connectivity index (χ0v) is 20.8. The second-order valence-electron chi connectivity index (χ2n) is 9.37. The summed E-state index contributed by atoms with van der Waals surface area (Å²) in [5.74, 6) is -2.07. The Morgan fingerprint density at radius 2 is 1.76 bits per heavy atom. The van der Waals surface area contributed by atoms with Gasteiger partial charge in [0.15, 0.2) is 6.04 Å². The summed E-state index contributed by atoms with van der Waals surface area (Å²) in [4.78, 5) is 45.7. The van der Waals surface area contributed by atoms with Crippen molar-refractivity contribution in [1.29, 1.82) is 0 Å². The zero-order chi connectivity index (χ0) is 23.9. The first-order chi connectivity index (χ1) is 15.7. The summed E-state index contributed by atoms with van der Waals surface area (Å²) >= 11 is 0. The number of nitrogens with one attached hydrogen (secondary N) is 1. The molecule has 0 spiro atoms. The molecule has 7 nitrogen and oxygen atoms in total. The number of aryl methyl sites for hydroxylation is 2. The largest absolute Gasteiger partial charge is 0.479 e. The summed E-state index contributed by atoms with van der Waals surface area (Å²) < 4.78 is 0. The Morgan fingerprint density at radius 3 is 2.29 bits per heavy atom. The average molecular weight is 486 g/mol. The number of hydrogen-bond donors (Lipinski definition) is 2. The summed E-state index contributed by atoms with van der Waals surface area (Å²) in [6.07, 6.45) is 1.99. The van der Waals surface area contributed by atoms with E-state index in [0.29, 0.717) is 30.5 Å². The van der Waals surface area contributed by atoms with Crippen LogP contribution in [-0.2, 0) is 27.2 Å². The minimum Gasteiger partial charge on any atom is -0.479 e. The first-order valence-electron chi connectivity index (χ1n) is 11.6. The van der Waals surface area contributed by atoms with E-state index < -0.39 is 24.1 Å². The molecular weight excluding hydrogens is 454 g/mol. The van der Waals surface area contributed by atoms with Crippen LogP contribution < -0.4 is 5.32 Å². The standard InChI is InChI=1S/C26H31N3O4.ClH/c1-5-14(2)22-24(30)28-21(19-12-17-8-6-7-9-18(17)13-19)25(31)29(22)23(26(32)33)20-11-10-15(3)27-16(20)4;/h6-11,14,19,21-23H,5,12-13H2,1-4H3,(H,28,30)(H,32,33);1H. The van der Waals surface area contributed by atoms with Gasteiger partial charge in [0.05, 0.1) is 0 Å². The molecule has 0 radical (unpaired) electrons. The molecule has 1 saturated heterocycles. The van der Waals surface area contributed by atoms with Crippen LogP contribution in [0.3, 0.4) is 0 Å². The molecule has 34 heavy (non-hydrogen) atoms. The first kappa shape index (κ1) is 25.7. The Morgan fingerprint density at radius 1 is 1.15 bits per heavy atom. The number of carboxylic acids is 1. The number of aliphatic carboxylic acids is 1. The Labute approximate surface area is 206 Å². The minimum atomic E-state index is -1.28. The molecule has 2 N–H and O–H groups in total. The lowest BCUT2D eigenvalue weighted by atomic mass is 9.86. The highest BCUT2D eigenvalue weighted by atomic mass is 35.5. The highest BCUT2D eigenvalue weighted by molar-refractivity contribution is 5.99. The average Bonchev–Trinajstić information content (AvgIpc) is 3.20. The van der Waals surface area contributed by atoms with Crippen LogP contribution in [0.2, 0.25) is 0 Å². The van der Waals surface area contributed by atoms with Gasteiger partial charge < -0.3 is 15.3 Å². The normalized spacial score (nSPS) is 21.9. The molecular formula is C26H32ClN3O4. The highest BCUT2D eigenvalue weighted by Crippen LogP contribution is 2.36. The molecule has 2 aromatic rings. The van der Waals surface area contributed by atoms with Gasteiger partial charge in [-0.1, -0.05) is 50.6 Å². The summed E-state index contributed by atoms with van der Waals surface area (Å²) in [5.41, 5.74) is 4.11. The number of halogens is 1. The lowest BCUT2D eigenvalue weighted by molar-refractivity contribution is -0.164. The van der Waals surface area contributed by atoms with Gasteiger partial charge in [0.1, 0.15) is 12.1 Å². The van der Waals surface area contributed by atoms with E-state index in [9.17, 15) is 19.5 Å². The van der Waals surface area contributed by atoms with Gasteiger partial charge >= 0.3 is 5.97 Å². The van der Waals surface area contributed by atoms with E-state index in [-0.39, 0.29) is 36.1 Å². The second kappa shape index (κ2) is 10.1. The number of hydrogen-bond acceptors (Lipinski definition) is 4. The van der Waals surface area contributed by atoms with Crippen molar-refractivity contribution < 1.29 is 19.5 Å². The third kappa shape index (κ3) is 4.53. The molecule has 4 rings (SSSR count). The van der Waals surface area contributed by atoms with E-state index in [1.807, 2.05) is 45.0 Å². The van der Waals surface area contributed by atoms with E-state index in [1.54, 1.807) is 19.1 Å². The lowest BCUT2D eigenvalue weighted by Gasteiger charge is -2.45. The monoisotopic (exact) mass is 485 g/mol. The van der Waals surface area contributed by atoms with Crippen molar-refractivity contribution >= 4 is 30.2 Å². The van der Waals surface area contributed by atoms with Crippen molar-refractivity contribution in [3.05, 3.63) is 64.5 Å². The fourth-order valence-corrected chi connectivity index (χ4v) is 5.30. The molecule has 1 aromatic heterocycles. The van der Waals surface area contributed by atoms with Gasteiger partial charge in [0.2, 0.25) is 11.8 Å². The van der Waals surface area contributed by atoms with Gasteiger partial charge in [-0.25, -0.2) is 4.79 Å². The Kier molecular flexibility index (Phi) is 7.66. The SMILES string of the molecule is CCC(C)C1C(=O)NC(C2Cc3ccccc3C2)C(=O)N1C(C(=O)O)c1ccc(C)nc1C.Cl. The van der Waals surface area contributed by atoms with Crippen LogP contribution in [0.5, 0.6) is 0 Å². The van der Waals surface area contributed by atoms with Crippen molar-refractivity contribution in [2.75, 3.05) is 0 Å². The summed E-state index contributed by atoms with van der Waals surface area (Å²) in [6.45, 7) is 7.40. The summed E-state index contributed by atoms with van der Waals surface area (Å²) in [6, 6.07) is 8.61. The molecule has 1 aliphatic heterocycles. The van der Waals surface area contributed by atoms with E-state index in [1.165, 1.54) is 16.0 Å². The lowest BCUT2D eigenvalue weighted by Crippen LogP contribution is -2.68. The van der Waals surface area contributed by atoms with Crippen molar-refractivity contribution in [1.82, 2.24) is 15.2 Å². The molecule has 2 heterocycles. The molecule has 0 bridgehead atoms. The van der Waals surface area contributed by atoms with Gasteiger partial charge in [0, 0.05) is 17.0 Å². The Balaban J connectivity index is 0.00000324. The predicted octanol–water partition coefficient (Wildman–Crippen LogP) is 3.40. The Bertz CT molecular complexity index is 1080. The number of carbonyl (C=O) groups excluding carboxylic acids is 2. The number of aromatic nitrogens is 1. The molecule has 2 aliphatic rings. The number of carboxylic acid groups (broad SMARTS) is 1. The predicted molar refractivity (Wildman–Crippen MR) is 131 cm³/mol. The maximum atomic E-state index is 14.0. The van der Waals surface area contributed by atoms with Crippen LogP contribution in [0.25, 0.3) is 0 Å². The van der Waals surface area contributed by atoms with E-state index >= 15 is 0 Å². The molecule has 8 heteroatoms. The molecule has 182 valence electrons. The topological polar surface area (TPSA) is 99.6 Å². The number of rotatable bonds is 6. The molecule has 1 aromatic carbocycles. The van der Waals surface area contributed by atoms with Crippen molar-refractivity contribution in [2.24, 2.45) is 11.8 Å². The van der Waals surface area contributed by atoms with Crippen molar-refractivity contribution in [3.63, 3.8) is 0 Å². The number of carbonyl (C=O) groups is 3. The summed E-state index contributed by atoms with van der Waals surface area (Å²) in [7, 11) is 0. The van der Waals surface area contributed by atoms with Gasteiger partial charge in [-0.3, -0.25) is 14.6 Å². The molecule has 2 amide bonds. The zero-order valence-electron chi connectivity index (χ0n) is 19.9. The molecule has 4 atom stereocenters. The molecule has 4 unspecified atom stereocenters. The quantitative estimate of drug-likeness (QED) is 0.653. The number of amides is 2. The van der Waals surface area contributed by atoms with Crippen LogP contribution in [-0.4, -0.2) is 44.9 Å².